The van der Waals surface area contributed by atoms with Crippen LogP contribution in [-0.2, 0) is 28.6 Å². The Hall–Kier alpha value is -7.78. The zero-order chi connectivity index (χ0) is 50.9. The molecule has 15 rings (SSSR count). The smallest absolute Gasteiger partial charge is 0.310 e. The molecular formula is C65H45BF6N2. The van der Waals surface area contributed by atoms with Gasteiger partial charge in [0.1, 0.15) is 0 Å². The average molecular weight is 979 g/mol. The molecule has 9 heteroatoms. The van der Waals surface area contributed by atoms with E-state index < -0.39 is 35.6 Å². The number of hydrogen-bond acceptors (Lipinski definition) is 0. The van der Waals surface area contributed by atoms with E-state index in [1.165, 1.54) is 23.3 Å². The summed E-state index contributed by atoms with van der Waals surface area (Å²) in [5.74, 6) is 0. The molecule has 11 aromatic rings. The molecule has 2 aromatic heterocycles. The van der Waals surface area contributed by atoms with Gasteiger partial charge in [0, 0.05) is 38.6 Å². The van der Waals surface area contributed by atoms with Crippen LogP contribution in [0.2, 0.25) is 0 Å². The lowest BCUT2D eigenvalue weighted by Crippen LogP contribution is -2.60. The molecule has 3 aliphatic heterocycles. The lowest BCUT2D eigenvalue weighted by molar-refractivity contribution is -0.138. The first-order valence-corrected chi connectivity index (χ1v) is 25.3. The molecule has 1 spiro atoms. The largest absolute Gasteiger partial charge is 0.416 e. The number of aromatic nitrogens is 2. The van der Waals surface area contributed by atoms with Crippen LogP contribution < -0.4 is 16.4 Å². The van der Waals surface area contributed by atoms with Crippen molar-refractivity contribution in [1.82, 2.24) is 9.13 Å². The normalized spacial score (nSPS) is 14.8. The van der Waals surface area contributed by atoms with Gasteiger partial charge in [-0.3, -0.25) is 0 Å². The molecule has 0 radical (unpaired) electrons. The van der Waals surface area contributed by atoms with Crippen molar-refractivity contribution in [3.05, 3.63) is 208 Å². The molecule has 360 valence electrons. The number of fused-ring (bicyclic) bond motifs is 13. The summed E-state index contributed by atoms with van der Waals surface area (Å²) in [6.45, 7) is 12.4. The molecule has 4 aliphatic rings. The minimum atomic E-state index is -4.81. The highest BCUT2D eigenvalue weighted by Gasteiger charge is 2.55. The molecular weight excluding hydrogens is 934 g/mol. The van der Waals surface area contributed by atoms with E-state index >= 15 is 26.3 Å². The Morgan fingerprint density at radius 1 is 0.432 bits per heavy atom. The molecule has 5 heterocycles. The number of alkyl halides is 6. The molecule has 2 nitrogen and oxygen atoms in total. The van der Waals surface area contributed by atoms with Crippen LogP contribution in [0.15, 0.2) is 164 Å². The molecule has 0 saturated heterocycles. The fourth-order valence-corrected chi connectivity index (χ4v) is 13.9. The van der Waals surface area contributed by atoms with Crippen molar-refractivity contribution in [2.24, 2.45) is 0 Å². The van der Waals surface area contributed by atoms with Crippen molar-refractivity contribution >= 4 is 66.6 Å². The van der Waals surface area contributed by atoms with Crippen LogP contribution in [0.5, 0.6) is 0 Å². The summed E-state index contributed by atoms with van der Waals surface area (Å²) in [4.78, 5) is 0. The Balaban J connectivity index is 1.19. The molecule has 0 N–H and O–H groups in total. The minimum Gasteiger partial charge on any atom is -0.310 e. The number of rotatable bonds is 2. The first-order chi connectivity index (χ1) is 35.3. The quantitative estimate of drug-likeness (QED) is 0.121. The van der Waals surface area contributed by atoms with Crippen LogP contribution >= 0.6 is 0 Å². The second-order valence-corrected chi connectivity index (χ2v) is 23.0. The molecule has 9 aromatic carbocycles. The van der Waals surface area contributed by atoms with E-state index in [4.69, 9.17) is 0 Å². The van der Waals surface area contributed by atoms with Crippen LogP contribution in [0.1, 0.15) is 86.1 Å². The van der Waals surface area contributed by atoms with Crippen molar-refractivity contribution in [2.75, 3.05) is 0 Å². The Labute approximate surface area is 423 Å². The van der Waals surface area contributed by atoms with Gasteiger partial charge < -0.3 is 9.13 Å². The third kappa shape index (κ3) is 5.39. The molecule has 0 saturated carbocycles. The van der Waals surface area contributed by atoms with E-state index in [1.54, 1.807) is 0 Å². The molecule has 0 atom stereocenters. The maximum atomic E-state index is 15.7. The van der Waals surface area contributed by atoms with Gasteiger partial charge in [-0.15, -0.1) is 0 Å². The van der Waals surface area contributed by atoms with Gasteiger partial charge >= 0.3 is 12.4 Å². The van der Waals surface area contributed by atoms with Crippen molar-refractivity contribution in [3.8, 4) is 44.9 Å². The van der Waals surface area contributed by atoms with Gasteiger partial charge in [0.25, 0.3) is 6.71 Å². The van der Waals surface area contributed by atoms with E-state index in [0.29, 0.717) is 22.1 Å². The standard InChI is InChI=1S/C65H45BF6N2/c1-61(2,3)37-23-19-34(20-24-37)53-54-41-14-8-7-13-36(41)29-50-60(54)73(56(53)35-21-25-38(26-22-35)62(4,5)6)52-28-27-48-59-55(52)66(50)51-33-40(65(70,71)72)31-45-44-30-39(64(67,68)69)32-49(57(44)74(59)58(45)51)63(48)46-17-11-9-15-42(46)43-16-10-12-18-47(43)63/h7-33H,1-6H3. The summed E-state index contributed by atoms with van der Waals surface area (Å²) in [5, 5.41) is 3.22. The van der Waals surface area contributed by atoms with Crippen molar-refractivity contribution in [3.63, 3.8) is 0 Å². The predicted octanol–water partition coefficient (Wildman–Crippen LogP) is 15.7. The number of nitrogens with zero attached hydrogens (tertiary/aromatic N) is 2. The van der Waals surface area contributed by atoms with Gasteiger partial charge in [0.05, 0.1) is 33.3 Å². The first-order valence-electron chi connectivity index (χ1n) is 25.3. The van der Waals surface area contributed by atoms with Crippen LogP contribution in [0, 0.1) is 0 Å². The fraction of sp³-hybridized carbons (Fsp3) is 0.169. The molecule has 0 bridgehead atoms. The van der Waals surface area contributed by atoms with Gasteiger partial charge in [0.2, 0.25) is 0 Å². The Kier molecular flexibility index (Phi) is 8.21. The summed E-state index contributed by atoms with van der Waals surface area (Å²) >= 11 is 0. The van der Waals surface area contributed by atoms with Crippen molar-refractivity contribution in [2.45, 2.75) is 70.1 Å². The summed E-state index contributed by atoms with van der Waals surface area (Å²) in [7, 11) is 0. The van der Waals surface area contributed by atoms with Crippen LogP contribution in [0.3, 0.4) is 0 Å². The van der Waals surface area contributed by atoms with Crippen LogP contribution in [0.25, 0.3) is 88.4 Å². The number of benzene rings is 9. The first kappa shape index (κ1) is 43.8. The Morgan fingerprint density at radius 3 is 1.58 bits per heavy atom. The van der Waals surface area contributed by atoms with Gasteiger partial charge in [-0.05, 0) is 118 Å². The zero-order valence-electron chi connectivity index (χ0n) is 41.3. The fourth-order valence-electron chi connectivity index (χ4n) is 13.9. The number of halogens is 6. The zero-order valence-corrected chi connectivity index (χ0v) is 41.3. The Morgan fingerprint density at radius 2 is 0.973 bits per heavy atom. The molecule has 0 unspecified atom stereocenters. The van der Waals surface area contributed by atoms with Crippen LogP contribution in [0.4, 0.5) is 26.3 Å². The highest BCUT2D eigenvalue weighted by atomic mass is 19.4. The van der Waals surface area contributed by atoms with E-state index in [9.17, 15) is 0 Å². The summed E-state index contributed by atoms with van der Waals surface area (Å²) in [5.41, 5.74) is 13.2. The third-order valence-corrected chi connectivity index (χ3v) is 17.0. The second kappa shape index (κ2) is 13.9. The summed E-state index contributed by atoms with van der Waals surface area (Å²) < 4.78 is 98.5. The monoisotopic (exact) mass is 978 g/mol. The van der Waals surface area contributed by atoms with Crippen molar-refractivity contribution < 1.29 is 26.3 Å². The van der Waals surface area contributed by atoms with E-state index in [1.807, 2.05) is 65.2 Å². The van der Waals surface area contributed by atoms with Crippen LogP contribution in [-0.4, -0.2) is 15.8 Å². The van der Waals surface area contributed by atoms with E-state index in [2.05, 4.69) is 125 Å². The predicted molar refractivity (Wildman–Crippen MR) is 289 cm³/mol. The molecule has 74 heavy (non-hydrogen) atoms. The molecule has 0 amide bonds. The minimum absolute atomic E-state index is 0.107. The summed E-state index contributed by atoms with van der Waals surface area (Å²) in [6, 6.07) is 52.9. The topological polar surface area (TPSA) is 9.86 Å². The second-order valence-electron chi connectivity index (χ2n) is 23.0. The SMILES string of the molecule is CC(C)(C)c1ccc(-c2c(-c3ccc(C(C)(C)C)cc3)n3c4c(cc5ccccc5c24)B2c4c-3ccc3c4-n4c5c2cc(C(F)(F)F)cc5c2cc(C(F)(F)F)cc(c24)C32c3ccccc3-c3ccccc32)cc1. The average Bonchev–Trinajstić information content (AvgIpc) is 4.21. The highest BCUT2D eigenvalue weighted by Crippen LogP contribution is 2.62. The van der Waals surface area contributed by atoms with Gasteiger partial charge in [0.15, 0.2) is 0 Å². The molecule has 1 aliphatic carbocycles. The van der Waals surface area contributed by atoms with Gasteiger partial charge in [-0.25, -0.2) is 0 Å². The molecule has 0 fully saturated rings. The maximum absolute atomic E-state index is 15.7. The van der Waals surface area contributed by atoms with Gasteiger partial charge in [-0.2, -0.15) is 26.3 Å². The lowest BCUT2D eigenvalue weighted by Gasteiger charge is -2.44. The van der Waals surface area contributed by atoms with Gasteiger partial charge in [-0.1, -0.05) is 181 Å². The van der Waals surface area contributed by atoms with E-state index in [-0.39, 0.29) is 21.6 Å². The summed E-state index contributed by atoms with van der Waals surface area (Å²) in [6.07, 6.45) is -9.62. The Bertz CT molecular complexity index is 4300. The van der Waals surface area contributed by atoms with Crippen molar-refractivity contribution in [1.29, 1.82) is 0 Å². The lowest BCUT2D eigenvalue weighted by atomic mass is 9.33. The van der Waals surface area contributed by atoms with E-state index in [0.717, 1.165) is 106 Å². The third-order valence-electron chi connectivity index (χ3n) is 17.0. The highest BCUT2D eigenvalue weighted by molar-refractivity contribution is 7.00. The maximum Gasteiger partial charge on any atom is 0.416 e. The number of hydrogen-bond donors (Lipinski definition) is 0.